The van der Waals surface area contributed by atoms with Crippen molar-refractivity contribution in [3.05, 3.63) is 0 Å². The van der Waals surface area contributed by atoms with Gasteiger partial charge in [-0.3, -0.25) is 9.69 Å². The number of nitrogens with zero attached hydrogens (tertiary/aromatic N) is 1. The lowest BCUT2D eigenvalue weighted by Crippen LogP contribution is -2.49. The molecule has 0 radical (unpaired) electrons. The van der Waals surface area contributed by atoms with Crippen LogP contribution < -0.4 is 10.6 Å². The third-order valence-electron chi connectivity index (χ3n) is 4.30. The summed E-state index contributed by atoms with van der Waals surface area (Å²) in [5.41, 5.74) is 0.141. The van der Waals surface area contributed by atoms with E-state index in [2.05, 4.69) is 29.4 Å². The van der Waals surface area contributed by atoms with Gasteiger partial charge >= 0.3 is 0 Å². The van der Waals surface area contributed by atoms with Crippen molar-refractivity contribution >= 4 is 5.91 Å². The Bertz CT molecular complexity index is 301. The molecule has 4 heteroatoms. The fourth-order valence-corrected chi connectivity index (χ4v) is 3.31. The van der Waals surface area contributed by atoms with Crippen LogP contribution >= 0.6 is 0 Å². The topological polar surface area (TPSA) is 44.4 Å². The highest BCUT2D eigenvalue weighted by Crippen LogP contribution is 2.40. The van der Waals surface area contributed by atoms with Crippen LogP contribution in [0.1, 0.15) is 27.7 Å². The van der Waals surface area contributed by atoms with E-state index < -0.39 is 0 Å². The quantitative estimate of drug-likeness (QED) is 0.751. The average Bonchev–Trinajstić information content (AvgIpc) is 2.70. The second-order valence-corrected chi connectivity index (χ2v) is 6.28. The molecular weight excluding hydrogens is 214 g/mol. The molecule has 0 saturated carbocycles. The molecule has 2 fully saturated rings. The van der Waals surface area contributed by atoms with Crippen molar-refractivity contribution in [2.75, 3.05) is 26.2 Å². The van der Waals surface area contributed by atoms with Crippen LogP contribution in [0.25, 0.3) is 0 Å². The van der Waals surface area contributed by atoms with Crippen LogP contribution in [0, 0.1) is 11.8 Å². The second-order valence-electron chi connectivity index (χ2n) is 6.28. The maximum Gasteiger partial charge on any atom is 0.234 e. The lowest BCUT2D eigenvalue weighted by Gasteiger charge is -2.35. The number of hydrogen-bond donors (Lipinski definition) is 2. The highest BCUT2D eigenvalue weighted by Gasteiger charge is 2.49. The highest BCUT2D eigenvalue weighted by molar-refractivity contribution is 5.78. The molecule has 0 aromatic rings. The van der Waals surface area contributed by atoms with Crippen molar-refractivity contribution < 1.29 is 4.79 Å². The molecule has 0 spiro atoms. The van der Waals surface area contributed by atoms with Gasteiger partial charge < -0.3 is 10.6 Å². The van der Waals surface area contributed by atoms with E-state index in [0.29, 0.717) is 12.5 Å². The van der Waals surface area contributed by atoms with Crippen LogP contribution in [0.5, 0.6) is 0 Å². The Balaban J connectivity index is 1.96. The maximum atomic E-state index is 11.8. The molecule has 2 aliphatic heterocycles. The normalized spacial score (nSPS) is 31.8. The van der Waals surface area contributed by atoms with E-state index in [4.69, 9.17) is 0 Å². The van der Waals surface area contributed by atoms with E-state index in [0.717, 1.165) is 25.6 Å². The zero-order valence-electron chi connectivity index (χ0n) is 11.4. The second kappa shape index (κ2) is 4.58. The minimum absolute atomic E-state index is 0.141. The summed E-state index contributed by atoms with van der Waals surface area (Å²) in [4.78, 5) is 14.2. The van der Waals surface area contributed by atoms with E-state index in [1.807, 2.05) is 13.8 Å². The Morgan fingerprint density at radius 2 is 2.18 bits per heavy atom. The molecule has 2 saturated heterocycles. The molecule has 2 aliphatic rings. The van der Waals surface area contributed by atoms with Crippen LogP contribution in [0.4, 0.5) is 0 Å². The molecule has 0 aliphatic carbocycles. The van der Waals surface area contributed by atoms with Crippen LogP contribution in [-0.2, 0) is 4.79 Å². The predicted octanol–water partition coefficient (Wildman–Crippen LogP) is 0.441. The molecule has 1 amide bonds. The number of nitrogens with one attached hydrogen (secondary N) is 2. The van der Waals surface area contributed by atoms with Gasteiger partial charge in [-0.1, -0.05) is 0 Å². The first-order valence-electron chi connectivity index (χ1n) is 6.66. The van der Waals surface area contributed by atoms with Crippen LogP contribution in [0.2, 0.25) is 0 Å². The fraction of sp³-hybridized carbons (Fsp3) is 0.923. The Kier molecular flexibility index (Phi) is 3.46. The molecule has 98 valence electrons. The van der Waals surface area contributed by atoms with Gasteiger partial charge in [0, 0.05) is 24.7 Å². The van der Waals surface area contributed by atoms with Crippen LogP contribution in [-0.4, -0.2) is 48.6 Å². The third-order valence-corrected chi connectivity index (χ3v) is 4.30. The Labute approximate surface area is 104 Å². The van der Waals surface area contributed by atoms with Crippen molar-refractivity contribution in [3.63, 3.8) is 0 Å². The van der Waals surface area contributed by atoms with Crippen molar-refractivity contribution in [1.29, 1.82) is 0 Å². The van der Waals surface area contributed by atoms with Gasteiger partial charge in [0.2, 0.25) is 5.91 Å². The molecule has 0 aromatic heterocycles. The number of hydrogen-bond acceptors (Lipinski definition) is 3. The predicted molar refractivity (Wildman–Crippen MR) is 68.8 cm³/mol. The monoisotopic (exact) mass is 239 g/mol. The molecular formula is C13H25N3O. The van der Waals surface area contributed by atoms with Gasteiger partial charge in [-0.15, -0.1) is 0 Å². The van der Waals surface area contributed by atoms with E-state index in [1.165, 1.54) is 0 Å². The molecule has 2 unspecified atom stereocenters. The minimum atomic E-state index is 0.141. The molecule has 2 rings (SSSR count). The summed E-state index contributed by atoms with van der Waals surface area (Å²) < 4.78 is 0. The SMILES string of the molecule is CC(C)NC(=O)CN1CC2CNCC2C1(C)C. The summed E-state index contributed by atoms with van der Waals surface area (Å²) in [6.07, 6.45) is 0. The van der Waals surface area contributed by atoms with Crippen molar-refractivity contribution in [3.8, 4) is 0 Å². The number of amides is 1. The van der Waals surface area contributed by atoms with Crippen molar-refractivity contribution in [1.82, 2.24) is 15.5 Å². The van der Waals surface area contributed by atoms with Gasteiger partial charge in [0.1, 0.15) is 0 Å². The largest absolute Gasteiger partial charge is 0.353 e. The van der Waals surface area contributed by atoms with E-state index in [9.17, 15) is 4.79 Å². The molecule has 4 nitrogen and oxygen atoms in total. The number of rotatable bonds is 3. The van der Waals surface area contributed by atoms with Crippen molar-refractivity contribution in [2.45, 2.75) is 39.3 Å². The molecule has 0 aromatic carbocycles. The van der Waals surface area contributed by atoms with Crippen molar-refractivity contribution in [2.24, 2.45) is 11.8 Å². The third kappa shape index (κ3) is 2.47. The first-order chi connectivity index (χ1) is 7.91. The maximum absolute atomic E-state index is 11.8. The number of fused-ring (bicyclic) bond motifs is 1. The summed E-state index contributed by atoms with van der Waals surface area (Å²) in [6, 6.07) is 0.231. The molecule has 2 N–H and O–H groups in total. The van der Waals surface area contributed by atoms with Crippen LogP contribution in [0.15, 0.2) is 0 Å². The van der Waals surface area contributed by atoms with E-state index in [-0.39, 0.29) is 17.5 Å². The summed E-state index contributed by atoms with van der Waals surface area (Å²) >= 11 is 0. The standard InChI is InChI=1S/C13H25N3O/c1-9(2)15-12(17)8-16-7-10-5-14-6-11(10)13(16,3)4/h9-11,14H,5-8H2,1-4H3,(H,15,17). The van der Waals surface area contributed by atoms with E-state index >= 15 is 0 Å². The van der Waals surface area contributed by atoms with Gasteiger partial charge in [-0.05, 0) is 46.1 Å². The molecule has 2 heterocycles. The smallest absolute Gasteiger partial charge is 0.234 e. The average molecular weight is 239 g/mol. The summed E-state index contributed by atoms with van der Waals surface area (Å²) in [5.74, 6) is 1.56. The van der Waals surface area contributed by atoms with Gasteiger partial charge in [-0.2, -0.15) is 0 Å². The number of likely N-dealkylation sites (tertiary alicyclic amines) is 1. The summed E-state index contributed by atoms with van der Waals surface area (Å²) in [5, 5.41) is 6.44. The molecule has 0 bridgehead atoms. The van der Waals surface area contributed by atoms with E-state index in [1.54, 1.807) is 0 Å². The van der Waals surface area contributed by atoms with Gasteiger partial charge in [0.05, 0.1) is 6.54 Å². The fourth-order valence-electron chi connectivity index (χ4n) is 3.31. The molecule has 2 atom stereocenters. The Morgan fingerprint density at radius 3 is 2.76 bits per heavy atom. The lowest BCUT2D eigenvalue weighted by atomic mass is 9.85. The molecule has 17 heavy (non-hydrogen) atoms. The Morgan fingerprint density at radius 1 is 1.47 bits per heavy atom. The summed E-state index contributed by atoms with van der Waals surface area (Å²) in [7, 11) is 0. The zero-order valence-corrected chi connectivity index (χ0v) is 11.4. The number of carbonyl (C=O) groups is 1. The number of carbonyl (C=O) groups excluding carboxylic acids is 1. The van der Waals surface area contributed by atoms with Gasteiger partial charge in [0.15, 0.2) is 0 Å². The van der Waals surface area contributed by atoms with Gasteiger partial charge in [-0.25, -0.2) is 0 Å². The van der Waals surface area contributed by atoms with Crippen LogP contribution in [0.3, 0.4) is 0 Å². The highest BCUT2D eigenvalue weighted by atomic mass is 16.2. The first kappa shape index (κ1) is 12.8. The summed E-state index contributed by atoms with van der Waals surface area (Å²) in [6.45, 7) is 12.3. The lowest BCUT2D eigenvalue weighted by molar-refractivity contribution is -0.123. The Hall–Kier alpha value is -0.610. The first-order valence-corrected chi connectivity index (χ1v) is 6.66. The van der Waals surface area contributed by atoms with Gasteiger partial charge in [0.25, 0.3) is 0 Å². The minimum Gasteiger partial charge on any atom is -0.353 e. The zero-order chi connectivity index (χ0) is 12.6.